The van der Waals surface area contributed by atoms with Crippen molar-refractivity contribution < 1.29 is 18.0 Å². The number of nitrogens with one attached hydrogen (secondary N) is 2. The number of aromatic nitrogens is 2. The highest BCUT2D eigenvalue weighted by atomic mass is 19.3. The number of nitrogens with zero attached hydrogens (tertiary/aromatic N) is 4. The van der Waals surface area contributed by atoms with Crippen molar-refractivity contribution in [3.63, 3.8) is 0 Å². The number of carbonyl (C=O) groups is 1. The van der Waals surface area contributed by atoms with Gasteiger partial charge in [0.15, 0.2) is 11.5 Å². The van der Waals surface area contributed by atoms with Gasteiger partial charge in [0.1, 0.15) is 11.7 Å². The van der Waals surface area contributed by atoms with Crippen molar-refractivity contribution in [2.45, 2.75) is 5.92 Å². The summed E-state index contributed by atoms with van der Waals surface area (Å²) in [6.07, 6.45) is 2.29. The van der Waals surface area contributed by atoms with Crippen LogP contribution in [0.1, 0.15) is 10.5 Å². The fraction of sp³-hybridized carbons (Fsp3) is 0.300. The Kier molecular flexibility index (Phi) is 6.93. The molecule has 0 aliphatic carbocycles. The fourth-order valence-corrected chi connectivity index (χ4v) is 3.23. The van der Waals surface area contributed by atoms with Crippen LogP contribution in [0.5, 0.6) is 0 Å². The van der Waals surface area contributed by atoms with Crippen LogP contribution in [0.4, 0.5) is 19.0 Å². The van der Waals surface area contributed by atoms with Crippen molar-refractivity contribution in [1.29, 1.82) is 0 Å². The summed E-state index contributed by atoms with van der Waals surface area (Å²) in [6, 6.07) is 5.86. The van der Waals surface area contributed by atoms with Crippen molar-refractivity contribution in [3.8, 4) is 11.3 Å². The summed E-state index contributed by atoms with van der Waals surface area (Å²) in [4.78, 5) is 26.3. The van der Waals surface area contributed by atoms with E-state index in [1.807, 2.05) is 0 Å². The van der Waals surface area contributed by atoms with Crippen LogP contribution in [0.15, 0.2) is 47.4 Å². The number of hydrogen-bond acceptors (Lipinski definition) is 7. The second-order valence-electron chi connectivity index (χ2n) is 7.00. The second-order valence-corrected chi connectivity index (χ2v) is 7.00. The minimum atomic E-state index is -3.00. The van der Waals surface area contributed by atoms with E-state index >= 15 is 0 Å². The number of hydrogen-bond donors (Lipinski definition) is 4. The Labute approximate surface area is 182 Å². The summed E-state index contributed by atoms with van der Waals surface area (Å²) < 4.78 is 42.2. The number of nitrogens with two attached hydrogens (primary N) is 2. The molecule has 0 bridgehead atoms. The third-order valence-electron chi connectivity index (χ3n) is 4.70. The molecule has 6 N–H and O–H groups in total. The second kappa shape index (κ2) is 9.64. The number of nitrogen functional groups attached to an aromatic ring is 1. The van der Waals surface area contributed by atoms with Crippen LogP contribution < -0.4 is 22.1 Å². The molecule has 0 unspecified atom stereocenters. The smallest absolute Gasteiger partial charge is 0.278 e. The van der Waals surface area contributed by atoms with Gasteiger partial charge in [-0.2, -0.15) is 0 Å². The molecule has 1 aliphatic heterocycles. The zero-order chi connectivity index (χ0) is 23.3. The minimum Gasteiger partial charge on any atom is -0.403 e. The van der Waals surface area contributed by atoms with Crippen molar-refractivity contribution in [1.82, 2.24) is 25.5 Å². The van der Waals surface area contributed by atoms with Gasteiger partial charge in [-0.05, 0) is 12.1 Å². The van der Waals surface area contributed by atoms with Crippen LogP contribution in [0, 0.1) is 5.82 Å². The lowest BCUT2D eigenvalue weighted by atomic mass is 10.1. The number of amides is 1. The Morgan fingerprint density at radius 1 is 1.38 bits per heavy atom. The van der Waals surface area contributed by atoms with Crippen LogP contribution in [0.3, 0.4) is 0 Å². The SMILES string of the molecule is CN=C(/C(=C\N)NC(=O)c1nc(-c2ccccc2F)cnc1N)N1CCNCC(F)(F)C1. The molecule has 3 rings (SSSR count). The Balaban J connectivity index is 1.86. The number of alkyl halides is 2. The number of halogens is 3. The number of anilines is 1. The Morgan fingerprint density at radius 2 is 2.12 bits per heavy atom. The highest BCUT2D eigenvalue weighted by Gasteiger charge is 2.35. The van der Waals surface area contributed by atoms with Gasteiger partial charge in [0, 0.05) is 31.9 Å². The molecule has 12 heteroatoms. The summed E-state index contributed by atoms with van der Waals surface area (Å²) in [7, 11) is 1.40. The number of rotatable bonds is 4. The van der Waals surface area contributed by atoms with E-state index in [9.17, 15) is 18.0 Å². The number of amidine groups is 1. The van der Waals surface area contributed by atoms with Gasteiger partial charge in [-0.3, -0.25) is 9.79 Å². The first-order valence-electron chi connectivity index (χ1n) is 9.67. The molecule has 1 aliphatic rings. The van der Waals surface area contributed by atoms with E-state index in [-0.39, 0.29) is 40.8 Å². The van der Waals surface area contributed by atoms with E-state index in [1.54, 1.807) is 6.07 Å². The fourth-order valence-electron chi connectivity index (χ4n) is 3.23. The molecular weight excluding hydrogens is 425 g/mol. The molecule has 1 fully saturated rings. The molecule has 32 heavy (non-hydrogen) atoms. The lowest BCUT2D eigenvalue weighted by Crippen LogP contribution is -2.45. The summed E-state index contributed by atoms with van der Waals surface area (Å²) in [5, 5.41) is 5.15. The largest absolute Gasteiger partial charge is 0.403 e. The van der Waals surface area contributed by atoms with Crippen LogP contribution in [-0.4, -0.2) is 65.8 Å². The van der Waals surface area contributed by atoms with Crippen molar-refractivity contribution in [2.24, 2.45) is 10.7 Å². The van der Waals surface area contributed by atoms with Gasteiger partial charge in [0.2, 0.25) is 0 Å². The molecule has 0 spiro atoms. The average Bonchev–Trinajstić information content (AvgIpc) is 2.94. The molecule has 9 nitrogen and oxygen atoms in total. The zero-order valence-electron chi connectivity index (χ0n) is 17.3. The van der Waals surface area contributed by atoms with E-state index in [0.717, 1.165) is 6.20 Å². The van der Waals surface area contributed by atoms with Crippen molar-refractivity contribution >= 4 is 17.6 Å². The molecule has 1 amide bonds. The molecule has 1 aromatic carbocycles. The maximum absolute atomic E-state index is 14.1. The van der Waals surface area contributed by atoms with Gasteiger partial charge in [0.25, 0.3) is 11.8 Å². The van der Waals surface area contributed by atoms with Gasteiger partial charge < -0.3 is 27.0 Å². The molecule has 1 saturated heterocycles. The maximum Gasteiger partial charge on any atom is 0.278 e. The lowest BCUT2D eigenvalue weighted by molar-refractivity contribution is -0.00581. The molecule has 2 aromatic rings. The molecule has 170 valence electrons. The van der Waals surface area contributed by atoms with E-state index < -0.39 is 30.7 Å². The molecule has 2 heterocycles. The highest BCUT2D eigenvalue weighted by molar-refractivity contribution is 6.06. The highest BCUT2D eigenvalue weighted by Crippen LogP contribution is 2.22. The van der Waals surface area contributed by atoms with Gasteiger partial charge >= 0.3 is 0 Å². The predicted molar refractivity (Wildman–Crippen MR) is 114 cm³/mol. The number of carbonyl (C=O) groups excluding carboxylic acids is 1. The standard InChI is InChI=1S/C20H23F3N8O/c1-26-18(31-7-6-27-10-20(22,23)11-31)14(8-24)30-19(32)16-17(25)28-9-15(29-16)12-4-2-3-5-13(12)21/h2-5,8-9,27H,6-7,10-11,24H2,1H3,(H2,25,28)(H,30,32)/b14-8+,26-18?. The first-order valence-corrected chi connectivity index (χ1v) is 9.67. The number of aliphatic imine (C=N–C) groups is 1. The van der Waals surface area contributed by atoms with Crippen LogP contribution >= 0.6 is 0 Å². The lowest BCUT2D eigenvalue weighted by Gasteiger charge is -2.28. The molecule has 0 radical (unpaired) electrons. The van der Waals surface area contributed by atoms with Crippen molar-refractivity contribution in [3.05, 3.63) is 53.9 Å². The predicted octanol–water partition coefficient (Wildman–Crippen LogP) is 0.964. The van der Waals surface area contributed by atoms with E-state index in [2.05, 4.69) is 25.6 Å². The normalized spacial score (nSPS) is 17.1. The third-order valence-corrected chi connectivity index (χ3v) is 4.70. The summed E-state index contributed by atoms with van der Waals surface area (Å²) in [6.45, 7) is -0.558. The molecule has 0 atom stereocenters. The molecule has 0 saturated carbocycles. The van der Waals surface area contributed by atoms with Gasteiger partial charge in [-0.1, -0.05) is 12.1 Å². The average molecular weight is 448 g/mol. The quantitative estimate of drug-likeness (QED) is 0.404. The first-order chi connectivity index (χ1) is 15.3. The Hall–Kier alpha value is -3.67. The topological polar surface area (TPSA) is 135 Å². The van der Waals surface area contributed by atoms with E-state index in [1.165, 1.54) is 36.3 Å². The molecule has 1 aromatic heterocycles. The minimum absolute atomic E-state index is 0.00676. The van der Waals surface area contributed by atoms with Crippen LogP contribution in [-0.2, 0) is 0 Å². The monoisotopic (exact) mass is 448 g/mol. The van der Waals surface area contributed by atoms with Crippen molar-refractivity contribution in [2.75, 3.05) is 39.0 Å². The van der Waals surface area contributed by atoms with Gasteiger partial charge in [-0.15, -0.1) is 0 Å². The van der Waals surface area contributed by atoms with Gasteiger partial charge in [0.05, 0.1) is 30.7 Å². The van der Waals surface area contributed by atoms with E-state index in [0.29, 0.717) is 6.54 Å². The van der Waals surface area contributed by atoms with E-state index in [4.69, 9.17) is 11.5 Å². The maximum atomic E-state index is 14.1. The zero-order valence-corrected chi connectivity index (χ0v) is 17.3. The molecular formula is C20H23F3N8O. The summed E-state index contributed by atoms with van der Waals surface area (Å²) in [5.74, 6) is -4.47. The Bertz CT molecular complexity index is 1060. The number of benzene rings is 1. The summed E-state index contributed by atoms with van der Waals surface area (Å²) in [5.41, 5.74) is 11.4. The third kappa shape index (κ3) is 5.14. The first kappa shape index (κ1) is 23.0. The van der Waals surface area contributed by atoms with Crippen LogP contribution in [0.25, 0.3) is 11.3 Å². The van der Waals surface area contributed by atoms with Crippen LogP contribution in [0.2, 0.25) is 0 Å². The Morgan fingerprint density at radius 3 is 2.81 bits per heavy atom. The van der Waals surface area contributed by atoms with Gasteiger partial charge in [-0.25, -0.2) is 23.1 Å². The summed E-state index contributed by atoms with van der Waals surface area (Å²) >= 11 is 0.